The second-order valence-corrected chi connectivity index (χ2v) is 6.63. The average molecular weight is 303 g/mol. The lowest BCUT2D eigenvalue weighted by atomic mass is 9.87. The second-order valence-electron chi connectivity index (χ2n) is 6.63. The van der Waals surface area contributed by atoms with E-state index in [-0.39, 0.29) is 5.60 Å². The molecule has 0 spiro atoms. The van der Waals surface area contributed by atoms with E-state index in [1.165, 1.54) is 44.1 Å². The topological polar surface area (TPSA) is 12.5 Å². The highest BCUT2D eigenvalue weighted by Gasteiger charge is 2.32. The first-order chi connectivity index (χ1) is 10.8. The summed E-state index contributed by atoms with van der Waals surface area (Å²) in [6.45, 7) is 8.62. The van der Waals surface area contributed by atoms with Gasteiger partial charge < -0.3 is 9.64 Å². The fourth-order valence-corrected chi connectivity index (χ4v) is 3.64. The number of benzene rings is 1. The Morgan fingerprint density at radius 2 is 1.59 bits per heavy atom. The highest BCUT2D eigenvalue weighted by molar-refractivity contribution is 5.17. The minimum atomic E-state index is 0.0744. The van der Waals surface area contributed by atoms with Gasteiger partial charge in [0, 0.05) is 13.0 Å². The van der Waals surface area contributed by atoms with Crippen LogP contribution in [0.2, 0.25) is 0 Å². The third kappa shape index (κ3) is 5.40. The van der Waals surface area contributed by atoms with E-state index in [2.05, 4.69) is 49.1 Å². The molecule has 1 aliphatic rings. The number of hydrogen-bond acceptors (Lipinski definition) is 2. The SMILES string of the molecule is CCN(CC)CCOC1(Cc2ccccc2)CCCCCC1. The molecule has 0 aromatic heterocycles. The Morgan fingerprint density at radius 1 is 0.955 bits per heavy atom. The second kappa shape index (κ2) is 9.32. The molecule has 0 N–H and O–H groups in total. The van der Waals surface area contributed by atoms with Crippen molar-refractivity contribution in [3.05, 3.63) is 35.9 Å². The Bertz CT molecular complexity index is 391. The highest BCUT2D eigenvalue weighted by Crippen LogP contribution is 2.33. The summed E-state index contributed by atoms with van der Waals surface area (Å²) in [5.41, 5.74) is 1.50. The van der Waals surface area contributed by atoms with Crippen LogP contribution >= 0.6 is 0 Å². The van der Waals surface area contributed by atoms with Gasteiger partial charge in [0.05, 0.1) is 12.2 Å². The molecule has 1 aromatic carbocycles. The first-order valence-corrected chi connectivity index (χ1v) is 9.18. The summed E-state index contributed by atoms with van der Waals surface area (Å²) in [5.74, 6) is 0. The van der Waals surface area contributed by atoms with Crippen molar-refractivity contribution in [1.82, 2.24) is 4.90 Å². The number of rotatable bonds is 8. The van der Waals surface area contributed by atoms with E-state index < -0.39 is 0 Å². The van der Waals surface area contributed by atoms with Crippen molar-refractivity contribution in [3.63, 3.8) is 0 Å². The molecule has 1 aromatic rings. The van der Waals surface area contributed by atoms with Crippen LogP contribution < -0.4 is 0 Å². The van der Waals surface area contributed by atoms with Gasteiger partial charge in [-0.1, -0.05) is 69.9 Å². The maximum Gasteiger partial charge on any atom is 0.0723 e. The number of likely N-dealkylation sites (N-methyl/N-ethyl adjacent to an activating group) is 1. The molecule has 0 atom stereocenters. The summed E-state index contributed by atoms with van der Waals surface area (Å²) in [6.07, 6.45) is 8.90. The van der Waals surface area contributed by atoms with E-state index in [1.807, 2.05) is 0 Å². The van der Waals surface area contributed by atoms with Gasteiger partial charge in [-0.3, -0.25) is 0 Å². The van der Waals surface area contributed by atoms with E-state index in [4.69, 9.17) is 4.74 Å². The number of ether oxygens (including phenoxy) is 1. The zero-order valence-corrected chi connectivity index (χ0v) is 14.5. The lowest BCUT2D eigenvalue weighted by Crippen LogP contribution is -2.38. The van der Waals surface area contributed by atoms with Gasteiger partial charge in [-0.05, 0) is 31.5 Å². The fraction of sp³-hybridized carbons (Fsp3) is 0.700. The molecular formula is C20H33NO. The molecule has 0 heterocycles. The van der Waals surface area contributed by atoms with Crippen LogP contribution in [0.4, 0.5) is 0 Å². The highest BCUT2D eigenvalue weighted by atomic mass is 16.5. The molecule has 0 aliphatic heterocycles. The summed E-state index contributed by atoms with van der Waals surface area (Å²) in [6, 6.07) is 10.9. The predicted molar refractivity (Wildman–Crippen MR) is 94.3 cm³/mol. The van der Waals surface area contributed by atoms with E-state index >= 15 is 0 Å². The maximum absolute atomic E-state index is 6.55. The van der Waals surface area contributed by atoms with Gasteiger partial charge in [-0.2, -0.15) is 0 Å². The van der Waals surface area contributed by atoms with Crippen molar-refractivity contribution < 1.29 is 4.74 Å². The van der Waals surface area contributed by atoms with Crippen LogP contribution in [0.25, 0.3) is 0 Å². The average Bonchev–Trinajstić information content (AvgIpc) is 2.78. The standard InChI is InChI=1S/C20H33NO/c1-3-21(4-2)16-17-22-20(14-10-5-6-11-15-20)18-19-12-8-7-9-13-19/h7-9,12-13H,3-6,10-11,14-18H2,1-2H3. The molecule has 1 fully saturated rings. The van der Waals surface area contributed by atoms with Gasteiger partial charge in [0.2, 0.25) is 0 Å². The lowest BCUT2D eigenvalue weighted by Gasteiger charge is -2.34. The zero-order chi connectivity index (χ0) is 15.7. The van der Waals surface area contributed by atoms with Crippen molar-refractivity contribution in [1.29, 1.82) is 0 Å². The van der Waals surface area contributed by atoms with Crippen LogP contribution in [0.15, 0.2) is 30.3 Å². The molecule has 1 aliphatic carbocycles. The first kappa shape index (κ1) is 17.5. The Hall–Kier alpha value is -0.860. The molecule has 0 radical (unpaired) electrons. The summed E-state index contributed by atoms with van der Waals surface area (Å²) >= 11 is 0. The summed E-state index contributed by atoms with van der Waals surface area (Å²) in [5, 5.41) is 0. The Balaban J connectivity index is 1.98. The summed E-state index contributed by atoms with van der Waals surface area (Å²) in [4.78, 5) is 2.45. The molecule has 0 unspecified atom stereocenters. The summed E-state index contributed by atoms with van der Waals surface area (Å²) < 4.78 is 6.55. The molecule has 2 heteroatoms. The van der Waals surface area contributed by atoms with Crippen molar-refractivity contribution in [2.75, 3.05) is 26.2 Å². The van der Waals surface area contributed by atoms with Crippen LogP contribution in [0, 0.1) is 0 Å². The van der Waals surface area contributed by atoms with Crippen LogP contribution in [0.1, 0.15) is 57.9 Å². The van der Waals surface area contributed by atoms with Gasteiger partial charge in [0.15, 0.2) is 0 Å². The molecule has 0 saturated heterocycles. The van der Waals surface area contributed by atoms with E-state index in [0.717, 1.165) is 32.7 Å². The minimum absolute atomic E-state index is 0.0744. The van der Waals surface area contributed by atoms with E-state index in [0.29, 0.717) is 0 Å². The Kier molecular flexibility index (Phi) is 7.41. The quantitative estimate of drug-likeness (QED) is 0.647. The molecule has 124 valence electrons. The Morgan fingerprint density at radius 3 is 2.18 bits per heavy atom. The number of hydrogen-bond donors (Lipinski definition) is 0. The van der Waals surface area contributed by atoms with Gasteiger partial charge in [-0.15, -0.1) is 0 Å². The number of nitrogens with zero attached hydrogens (tertiary/aromatic N) is 1. The minimum Gasteiger partial charge on any atom is -0.373 e. The molecule has 1 saturated carbocycles. The molecule has 2 nitrogen and oxygen atoms in total. The van der Waals surface area contributed by atoms with Gasteiger partial charge in [-0.25, -0.2) is 0 Å². The van der Waals surface area contributed by atoms with E-state index in [1.54, 1.807) is 0 Å². The molecule has 22 heavy (non-hydrogen) atoms. The maximum atomic E-state index is 6.55. The molecular weight excluding hydrogens is 270 g/mol. The summed E-state index contributed by atoms with van der Waals surface area (Å²) in [7, 11) is 0. The van der Waals surface area contributed by atoms with Crippen molar-refractivity contribution in [2.24, 2.45) is 0 Å². The molecule has 0 bridgehead atoms. The lowest BCUT2D eigenvalue weighted by molar-refractivity contribution is -0.0619. The Labute approximate surface area is 136 Å². The molecule has 2 rings (SSSR count). The zero-order valence-electron chi connectivity index (χ0n) is 14.5. The normalized spacial score (nSPS) is 18.3. The first-order valence-electron chi connectivity index (χ1n) is 9.18. The van der Waals surface area contributed by atoms with Crippen LogP contribution in [0.3, 0.4) is 0 Å². The third-order valence-electron chi connectivity index (χ3n) is 5.09. The third-order valence-corrected chi connectivity index (χ3v) is 5.09. The fourth-order valence-electron chi connectivity index (χ4n) is 3.64. The largest absolute Gasteiger partial charge is 0.373 e. The smallest absolute Gasteiger partial charge is 0.0723 e. The van der Waals surface area contributed by atoms with E-state index in [9.17, 15) is 0 Å². The van der Waals surface area contributed by atoms with Crippen LogP contribution in [-0.2, 0) is 11.2 Å². The predicted octanol–water partition coefficient (Wildman–Crippen LogP) is 4.68. The van der Waals surface area contributed by atoms with Gasteiger partial charge in [0.1, 0.15) is 0 Å². The van der Waals surface area contributed by atoms with Crippen molar-refractivity contribution in [2.45, 2.75) is 64.4 Å². The van der Waals surface area contributed by atoms with Gasteiger partial charge in [0.25, 0.3) is 0 Å². The monoisotopic (exact) mass is 303 g/mol. The van der Waals surface area contributed by atoms with Crippen LogP contribution in [-0.4, -0.2) is 36.7 Å². The van der Waals surface area contributed by atoms with Crippen molar-refractivity contribution >= 4 is 0 Å². The van der Waals surface area contributed by atoms with Crippen LogP contribution in [0.5, 0.6) is 0 Å². The van der Waals surface area contributed by atoms with Crippen molar-refractivity contribution in [3.8, 4) is 0 Å². The molecule has 0 amide bonds. The van der Waals surface area contributed by atoms with Gasteiger partial charge >= 0.3 is 0 Å².